The SMILES string of the molecule is CC.COC(=O)c1nc(CN(C)C)c2cc(Oc3ccc(OC)cc3)ccc2c1O. The van der Waals surface area contributed by atoms with Crippen molar-refractivity contribution in [1.29, 1.82) is 0 Å². The van der Waals surface area contributed by atoms with Crippen molar-refractivity contribution in [3.63, 3.8) is 0 Å². The van der Waals surface area contributed by atoms with Gasteiger partial charge in [-0.15, -0.1) is 0 Å². The Labute approximate surface area is 176 Å². The van der Waals surface area contributed by atoms with Gasteiger partial charge in [0.1, 0.15) is 17.2 Å². The van der Waals surface area contributed by atoms with Gasteiger partial charge in [-0.3, -0.25) is 0 Å². The van der Waals surface area contributed by atoms with Gasteiger partial charge in [0, 0.05) is 17.3 Å². The summed E-state index contributed by atoms with van der Waals surface area (Å²) in [5, 5.41) is 11.7. The van der Waals surface area contributed by atoms with Crippen LogP contribution in [0.2, 0.25) is 0 Å². The van der Waals surface area contributed by atoms with E-state index in [2.05, 4.69) is 4.98 Å². The Hall–Kier alpha value is -3.32. The van der Waals surface area contributed by atoms with Crippen LogP contribution < -0.4 is 9.47 Å². The van der Waals surface area contributed by atoms with Crippen LogP contribution in [0.1, 0.15) is 30.0 Å². The molecule has 0 saturated heterocycles. The maximum Gasteiger partial charge on any atom is 0.360 e. The van der Waals surface area contributed by atoms with Crippen LogP contribution in [-0.4, -0.2) is 49.3 Å². The normalized spacial score (nSPS) is 10.4. The Balaban J connectivity index is 0.00000155. The van der Waals surface area contributed by atoms with Crippen LogP contribution in [0.3, 0.4) is 0 Å². The molecule has 0 amide bonds. The molecule has 3 rings (SSSR count). The lowest BCUT2D eigenvalue weighted by atomic mass is 10.1. The van der Waals surface area contributed by atoms with Gasteiger partial charge in [0.25, 0.3) is 0 Å². The highest BCUT2D eigenvalue weighted by atomic mass is 16.5. The zero-order valence-electron chi connectivity index (χ0n) is 18.2. The molecular weight excluding hydrogens is 384 g/mol. The first-order valence-electron chi connectivity index (χ1n) is 9.63. The molecule has 2 aromatic carbocycles. The van der Waals surface area contributed by atoms with Gasteiger partial charge in [0.15, 0.2) is 11.4 Å². The summed E-state index contributed by atoms with van der Waals surface area (Å²) < 4.78 is 15.8. The number of benzene rings is 2. The Morgan fingerprint density at radius 1 is 0.967 bits per heavy atom. The van der Waals surface area contributed by atoms with Gasteiger partial charge in [-0.2, -0.15) is 0 Å². The van der Waals surface area contributed by atoms with Crippen molar-refractivity contribution in [2.75, 3.05) is 28.3 Å². The fraction of sp³-hybridized carbons (Fsp3) is 0.304. The van der Waals surface area contributed by atoms with Crippen LogP contribution in [0, 0.1) is 0 Å². The highest BCUT2D eigenvalue weighted by Crippen LogP contribution is 2.34. The average Bonchev–Trinajstić information content (AvgIpc) is 2.76. The molecule has 0 saturated carbocycles. The molecule has 7 heteroatoms. The van der Waals surface area contributed by atoms with Crippen molar-refractivity contribution in [3.8, 4) is 23.0 Å². The standard InChI is InChI=1S/C21H22N2O5.C2H6/c1-23(2)12-18-17-11-15(28-14-7-5-13(26-3)6-8-14)9-10-16(17)20(24)19(22-18)21(25)27-4;1-2/h5-11,24H,12H2,1-4H3;1-2H3. The van der Waals surface area contributed by atoms with E-state index in [-0.39, 0.29) is 11.4 Å². The average molecular weight is 412 g/mol. The van der Waals surface area contributed by atoms with Crippen LogP contribution in [0.15, 0.2) is 42.5 Å². The number of hydrogen-bond acceptors (Lipinski definition) is 7. The van der Waals surface area contributed by atoms with Crippen LogP contribution in [-0.2, 0) is 11.3 Å². The van der Waals surface area contributed by atoms with Crippen LogP contribution in [0.5, 0.6) is 23.0 Å². The van der Waals surface area contributed by atoms with E-state index in [4.69, 9.17) is 14.2 Å². The molecule has 30 heavy (non-hydrogen) atoms. The molecule has 0 atom stereocenters. The van der Waals surface area contributed by atoms with E-state index in [0.717, 1.165) is 5.75 Å². The number of pyridine rings is 1. The Morgan fingerprint density at radius 2 is 1.57 bits per heavy atom. The molecule has 0 fully saturated rings. The Bertz CT molecular complexity index is 1000. The number of carbonyl (C=O) groups excluding carboxylic acids is 1. The molecule has 0 unspecified atom stereocenters. The van der Waals surface area contributed by atoms with E-state index >= 15 is 0 Å². The lowest BCUT2D eigenvalue weighted by Crippen LogP contribution is -2.15. The third-order valence-electron chi connectivity index (χ3n) is 4.17. The molecule has 1 aromatic heterocycles. The van der Waals surface area contributed by atoms with Gasteiger partial charge in [-0.25, -0.2) is 9.78 Å². The molecule has 0 aliphatic rings. The first-order valence-corrected chi connectivity index (χ1v) is 9.63. The van der Waals surface area contributed by atoms with Gasteiger partial charge in [-0.1, -0.05) is 13.8 Å². The summed E-state index contributed by atoms with van der Waals surface area (Å²) in [6.07, 6.45) is 0. The van der Waals surface area contributed by atoms with E-state index in [1.165, 1.54) is 7.11 Å². The van der Waals surface area contributed by atoms with Crippen LogP contribution >= 0.6 is 0 Å². The predicted molar refractivity (Wildman–Crippen MR) is 117 cm³/mol. The van der Waals surface area contributed by atoms with Crippen LogP contribution in [0.25, 0.3) is 10.8 Å². The third-order valence-corrected chi connectivity index (χ3v) is 4.17. The summed E-state index contributed by atoms with van der Waals surface area (Å²) in [4.78, 5) is 18.3. The van der Waals surface area contributed by atoms with E-state index in [9.17, 15) is 9.90 Å². The molecule has 0 spiro atoms. The summed E-state index contributed by atoms with van der Waals surface area (Å²) in [6.45, 7) is 4.48. The maximum absolute atomic E-state index is 12.0. The first-order chi connectivity index (χ1) is 14.4. The molecule has 160 valence electrons. The number of nitrogens with zero attached hydrogens (tertiary/aromatic N) is 2. The maximum atomic E-state index is 12.0. The lowest BCUT2D eigenvalue weighted by molar-refractivity contribution is 0.0590. The zero-order chi connectivity index (χ0) is 22.3. The molecule has 0 bridgehead atoms. The minimum atomic E-state index is -0.682. The number of carbonyl (C=O) groups is 1. The Kier molecular flexibility index (Phi) is 8.00. The summed E-state index contributed by atoms with van der Waals surface area (Å²) >= 11 is 0. The summed E-state index contributed by atoms with van der Waals surface area (Å²) in [7, 11) is 6.66. The van der Waals surface area contributed by atoms with Crippen LogP contribution in [0.4, 0.5) is 0 Å². The molecule has 7 nitrogen and oxygen atoms in total. The number of aromatic hydroxyl groups is 1. The van der Waals surface area contributed by atoms with Crippen molar-refractivity contribution in [2.24, 2.45) is 0 Å². The number of hydrogen-bond donors (Lipinski definition) is 1. The van der Waals surface area contributed by atoms with E-state index < -0.39 is 5.97 Å². The van der Waals surface area contributed by atoms with Crippen molar-refractivity contribution in [3.05, 3.63) is 53.9 Å². The second-order valence-corrected chi connectivity index (χ2v) is 6.47. The van der Waals surface area contributed by atoms with Crippen molar-refractivity contribution >= 4 is 16.7 Å². The molecule has 0 aliphatic carbocycles. The fourth-order valence-electron chi connectivity index (χ4n) is 2.85. The minimum absolute atomic E-state index is 0.101. The summed E-state index contributed by atoms with van der Waals surface area (Å²) in [6, 6.07) is 12.5. The zero-order valence-corrected chi connectivity index (χ0v) is 18.2. The monoisotopic (exact) mass is 412 g/mol. The van der Waals surface area contributed by atoms with Crippen molar-refractivity contribution in [2.45, 2.75) is 20.4 Å². The predicted octanol–water partition coefficient (Wildman–Crippen LogP) is 4.62. The third kappa shape index (κ3) is 5.18. The van der Waals surface area contributed by atoms with E-state index in [0.29, 0.717) is 34.5 Å². The number of methoxy groups -OCH3 is 2. The topological polar surface area (TPSA) is 81.1 Å². The lowest BCUT2D eigenvalue weighted by Gasteiger charge is -2.15. The molecule has 1 heterocycles. The highest BCUT2D eigenvalue weighted by Gasteiger charge is 2.20. The largest absolute Gasteiger partial charge is 0.505 e. The van der Waals surface area contributed by atoms with E-state index in [1.807, 2.05) is 45.0 Å². The van der Waals surface area contributed by atoms with E-state index in [1.54, 1.807) is 37.4 Å². The highest BCUT2D eigenvalue weighted by molar-refractivity contribution is 6.00. The van der Waals surface area contributed by atoms with Crippen molar-refractivity contribution in [1.82, 2.24) is 9.88 Å². The minimum Gasteiger partial charge on any atom is -0.505 e. The van der Waals surface area contributed by atoms with Gasteiger partial charge in [0.2, 0.25) is 0 Å². The summed E-state index contributed by atoms with van der Waals surface area (Å²) in [5.74, 6) is 1.09. The van der Waals surface area contributed by atoms with Gasteiger partial charge in [0.05, 0.1) is 19.9 Å². The number of esters is 1. The first kappa shape index (κ1) is 23.0. The smallest absolute Gasteiger partial charge is 0.360 e. The molecule has 0 aliphatic heterocycles. The number of ether oxygens (including phenoxy) is 3. The van der Waals surface area contributed by atoms with Gasteiger partial charge in [-0.05, 0) is 56.6 Å². The number of fused-ring (bicyclic) bond motifs is 1. The second kappa shape index (κ2) is 10.5. The van der Waals surface area contributed by atoms with Gasteiger partial charge >= 0.3 is 5.97 Å². The fourth-order valence-corrected chi connectivity index (χ4v) is 2.85. The number of rotatable bonds is 6. The Morgan fingerprint density at radius 3 is 2.13 bits per heavy atom. The quantitative estimate of drug-likeness (QED) is 0.592. The van der Waals surface area contributed by atoms with Crippen molar-refractivity contribution < 1.29 is 24.1 Å². The molecule has 3 aromatic rings. The second-order valence-electron chi connectivity index (χ2n) is 6.47. The molecule has 0 radical (unpaired) electrons. The number of aromatic nitrogens is 1. The van der Waals surface area contributed by atoms with Gasteiger partial charge < -0.3 is 24.2 Å². The molecule has 1 N–H and O–H groups in total. The molecular formula is C23H28N2O5. The summed E-state index contributed by atoms with van der Waals surface area (Å²) in [5.41, 5.74) is 0.536.